The molecule has 0 heterocycles. The van der Waals surface area contributed by atoms with Crippen molar-refractivity contribution in [1.29, 1.82) is 0 Å². The fourth-order valence-corrected chi connectivity index (χ4v) is 4.96. The third kappa shape index (κ3) is 3.97. The molecule has 3 aromatic rings. The molecule has 0 aliphatic carbocycles. The molecule has 0 saturated heterocycles. The highest BCUT2D eigenvalue weighted by Gasteiger charge is 2.15. The van der Waals surface area contributed by atoms with Gasteiger partial charge in [0.25, 0.3) is 0 Å². The van der Waals surface area contributed by atoms with Gasteiger partial charge >= 0.3 is 0 Å². The van der Waals surface area contributed by atoms with Crippen molar-refractivity contribution in [1.82, 2.24) is 0 Å². The zero-order valence-electron chi connectivity index (χ0n) is 13.2. The molecule has 0 bridgehead atoms. The molecule has 23 heavy (non-hydrogen) atoms. The summed E-state index contributed by atoms with van der Waals surface area (Å²) in [6, 6.07) is 30.8. The van der Waals surface area contributed by atoms with Gasteiger partial charge in [-0.3, -0.25) is 0 Å². The third-order valence-corrected chi connectivity index (χ3v) is 6.30. The van der Waals surface area contributed by atoms with Crippen molar-refractivity contribution in [2.75, 3.05) is 0 Å². The van der Waals surface area contributed by atoms with Crippen molar-refractivity contribution in [3.05, 3.63) is 103 Å². The Morgan fingerprint density at radius 3 is 1.61 bits per heavy atom. The van der Waals surface area contributed by atoms with Gasteiger partial charge in [0.15, 0.2) is 0 Å². The number of allylic oxidation sites excluding steroid dienone is 1. The van der Waals surface area contributed by atoms with E-state index in [0.29, 0.717) is 0 Å². The first kappa shape index (κ1) is 15.7. The molecule has 0 fully saturated rings. The average Bonchev–Trinajstić information content (AvgIpc) is 2.63. The Morgan fingerprint density at radius 2 is 1.13 bits per heavy atom. The molecular weight excluding hydrogens is 295 g/mol. The van der Waals surface area contributed by atoms with Crippen LogP contribution in [0.4, 0.5) is 0 Å². The Labute approximate surface area is 140 Å². The molecule has 0 aliphatic heterocycles. The van der Waals surface area contributed by atoms with Crippen molar-refractivity contribution in [3.63, 3.8) is 0 Å². The second-order valence-electron chi connectivity index (χ2n) is 5.50. The quantitative estimate of drug-likeness (QED) is 0.462. The van der Waals surface area contributed by atoms with Gasteiger partial charge in [-0.15, -0.1) is 6.58 Å². The van der Waals surface area contributed by atoms with Gasteiger partial charge in [-0.05, 0) is 42.2 Å². The molecule has 0 aliphatic rings. The summed E-state index contributed by atoms with van der Waals surface area (Å²) in [6.07, 6.45) is 4.08. The molecule has 0 N–H and O–H groups in total. The van der Waals surface area contributed by atoms with Crippen LogP contribution in [0, 0.1) is 0 Å². The van der Waals surface area contributed by atoms with Gasteiger partial charge in [0.05, 0.1) is 0 Å². The van der Waals surface area contributed by atoms with Gasteiger partial charge in [0, 0.05) is 0 Å². The molecule has 3 rings (SSSR count). The van der Waals surface area contributed by atoms with Crippen LogP contribution in [-0.2, 0) is 6.42 Å². The van der Waals surface area contributed by atoms with Crippen LogP contribution in [0.5, 0.6) is 0 Å². The summed E-state index contributed by atoms with van der Waals surface area (Å²) in [4.78, 5) is 0. The molecule has 0 spiro atoms. The zero-order chi connectivity index (χ0) is 15.9. The van der Waals surface area contributed by atoms with E-state index >= 15 is 0 Å². The van der Waals surface area contributed by atoms with Crippen LogP contribution in [-0.4, -0.2) is 0 Å². The third-order valence-electron chi connectivity index (χ3n) is 3.86. The highest BCUT2D eigenvalue weighted by Crippen LogP contribution is 2.32. The van der Waals surface area contributed by atoms with Gasteiger partial charge in [-0.1, -0.05) is 91.0 Å². The van der Waals surface area contributed by atoms with Crippen molar-refractivity contribution in [2.24, 2.45) is 0 Å². The summed E-state index contributed by atoms with van der Waals surface area (Å²) in [5.74, 6) is 0. The second kappa shape index (κ2) is 7.90. The average molecular weight is 316 g/mol. The lowest BCUT2D eigenvalue weighted by Crippen LogP contribution is -2.20. The Balaban J connectivity index is 1.97. The van der Waals surface area contributed by atoms with Crippen LogP contribution in [0.2, 0.25) is 0 Å². The van der Waals surface area contributed by atoms with Crippen molar-refractivity contribution in [2.45, 2.75) is 12.8 Å². The first-order chi connectivity index (χ1) is 11.4. The summed E-state index contributed by atoms with van der Waals surface area (Å²) >= 11 is 0. The Bertz CT molecular complexity index is 690. The van der Waals surface area contributed by atoms with E-state index in [4.69, 9.17) is 0 Å². The van der Waals surface area contributed by atoms with E-state index in [2.05, 4.69) is 91.5 Å². The van der Waals surface area contributed by atoms with Crippen LogP contribution in [0.1, 0.15) is 12.0 Å². The van der Waals surface area contributed by atoms with Crippen LogP contribution in [0.15, 0.2) is 97.6 Å². The van der Waals surface area contributed by atoms with Crippen molar-refractivity contribution < 1.29 is 0 Å². The summed E-state index contributed by atoms with van der Waals surface area (Å²) in [6.45, 7) is 3.80. The second-order valence-corrected chi connectivity index (χ2v) is 7.72. The molecule has 3 aromatic carbocycles. The highest BCUT2D eigenvalue weighted by molar-refractivity contribution is 7.79. The lowest BCUT2D eigenvalue weighted by atomic mass is 10.1. The minimum atomic E-state index is -0.491. The molecule has 0 saturated carbocycles. The monoisotopic (exact) mass is 316 g/mol. The summed E-state index contributed by atoms with van der Waals surface area (Å²) in [5.41, 5.74) is 1.38. The van der Waals surface area contributed by atoms with Crippen LogP contribution in [0.3, 0.4) is 0 Å². The molecule has 0 aromatic heterocycles. The number of aryl methyl sites for hydroxylation is 1. The number of rotatable bonds is 6. The smallest absolute Gasteiger partial charge is 0.0134 e. The van der Waals surface area contributed by atoms with Crippen molar-refractivity contribution >= 4 is 23.8 Å². The Kier molecular flexibility index (Phi) is 5.40. The first-order valence-corrected chi connectivity index (χ1v) is 9.33. The number of hydrogen-bond acceptors (Lipinski definition) is 0. The standard InChI is InChI=1S/C22H21P/c1-2-3-10-19-15-17-22(18-16-19)23(20-11-6-4-7-12-20)21-13-8-5-9-14-21/h2,4-9,11-18H,1,3,10H2. The molecule has 0 amide bonds. The van der Waals surface area contributed by atoms with E-state index in [9.17, 15) is 0 Å². The maximum Gasteiger partial charge on any atom is -0.0134 e. The SMILES string of the molecule is C=CCCc1ccc(P(c2ccccc2)c2ccccc2)cc1. The minimum absolute atomic E-state index is 0.491. The predicted molar refractivity (Wildman–Crippen MR) is 104 cm³/mol. The normalized spacial score (nSPS) is 10.7. The summed E-state index contributed by atoms with van der Waals surface area (Å²) < 4.78 is 0. The first-order valence-electron chi connectivity index (χ1n) is 7.98. The van der Waals surface area contributed by atoms with E-state index in [1.54, 1.807) is 0 Å². The summed E-state index contributed by atoms with van der Waals surface area (Å²) in [5, 5.41) is 4.19. The highest BCUT2D eigenvalue weighted by atomic mass is 31.1. The zero-order valence-corrected chi connectivity index (χ0v) is 14.1. The van der Waals surface area contributed by atoms with Crippen LogP contribution in [0.25, 0.3) is 0 Å². The molecule has 114 valence electrons. The van der Waals surface area contributed by atoms with Crippen LogP contribution < -0.4 is 15.9 Å². The lowest BCUT2D eigenvalue weighted by molar-refractivity contribution is 1.01. The fraction of sp³-hybridized carbons (Fsp3) is 0.0909. The Hall–Kier alpha value is -2.17. The van der Waals surface area contributed by atoms with Crippen molar-refractivity contribution in [3.8, 4) is 0 Å². The van der Waals surface area contributed by atoms with E-state index in [0.717, 1.165) is 12.8 Å². The van der Waals surface area contributed by atoms with Gasteiger partial charge in [0.2, 0.25) is 0 Å². The lowest BCUT2D eigenvalue weighted by Gasteiger charge is -2.19. The number of hydrogen-bond donors (Lipinski definition) is 0. The molecule has 0 atom stereocenters. The van der Waals surface area contributed by atoms with E-state index < -0.39 is 7.92 Å². The van der Waals surface area contributed by atoms with Gasteiger partial charge < -0.3 is 0 Å². The molecule has 0 unspecified atom stereocenters. The fourth-order valence-electron chi connectivity index (χ4n) is 2.68. The molecule has 1 heteroatoms. The molecule has 0 nitrogen and oxygen atoms in total. The maximum atomic E-state index is 3.80. The Morgan fingerprint density at radius 1 is 0.652 bits per heavy atom. The van der Waals surface area contributed by atoms with Gasteiger partial charge in [-0.25, -0.2) is 0 Å². The topological polar surface area (TPSA) is 0 Å². The maximum absolute atomic E-state index is 3.80. The van der Waals surface area contributed by atoms with Gasteiger partial charge in [0.1, 0.15) is 0 Å². The molecular formula is C22H21P. The van der Waals surface area contributed by atoms with E-state index in [-0.39, 0.29) is 0 Å². The largest absolute Gasteiger partial charge is 0.103 e. The number of benzene rings is 3. The van der Waals surface area contributed by atoms with E-state index in [1.807, 2.05) is 6.08 Å². The predicted octanol–water partition coefficient (Wildman–Crippen LogP) is 4.56. The van der Waals surface area contributed by atoms with Crippen LogP contribution >= 0.6 is 7.92 Å². The molecule has 0 radical (unpaired) electrons. The van der Waals surface area contributed by atoms with E-state index in [1.165, 1.54) is 21.5 Å². The minimum Gasteiger partial charge on any atom is -0.103 e. The summed E-state index contributed by atoms with van der Waals surface area (Å²) in [7, 11) is -0.491. The van der Waals surface area contributed by atoms with Gasteiger partial charge in [-0.2, -0.15) is 0 Å².